The number of methoxy groups -OCH3 is 1. The zero-order valence-corrected chi connectivity index (χ0v) is 10.3. The highest BCUT2D eigenvalue weighted by Gasteiger charge is 2.30. The Morgan fingerprint density at radius 2 is 2.21 bits per heavy atom. The molecule has 0 unspecified atom stereocenters. The Bertz CT molecular complexity index is 511. The van der Waals surface area contributed by atoms with Gasteiger partial charge in [0, 0.05) is 19.2 Å². The van der Waals surface area contributed by atoms with E-state index in [-0.39, 0.29) is 29.1 Å². The predicted molar refractivity (Wildman–Crippen MR) is 67.5 cm³/mol. The summed E-state index contributed by atoms with van der Waals surface area (Å²) in [6.45, 7) is 0. The van der Waals surface area contributed by atoms with Crippen molar-refractivity contribution in [3.63, 3.8) is 0 Å². The molecule has 1 aromatic carbocycles. The molecule has 102 valence electrons. The molecule has 0 aromatic heterocycles. The fourth-order valence-electron chi connectivity index (χ4n) is 2.04. The minimum absolute atomic E-state index is 0.0238. The second kappa shape index (κ2) is 5.23. The lowest BCUT2D eigenvalue weighted by Crippen LogP contribution is -2.40. The first-order valence-electron chi connectivity index (χ1n) is 5.82. The molecule has 2 N–H and O–H groups in total. The standard InChI is InChI=1S/C12H14N2O5/c1-19-9-5-8(6-9)13-10-4-7(12(15)16)2-3-11(10)14(17)18/h2-4,8-9,13H,5-6H2,1H3,(H,15,16). The molecule has 0 aliphatic heterocycles. The minimum Gasteiger partial charge on any atom is -0.478 e. The van der Waals surface area contributed by atoms with Crippen LogP contribution in [0, 0.1) is 10.1 Å². The summed E-state index contributed by atoms with van der Waals surface area (Å²) in [4.78, 5) is 21.3. The molecule has 0 radical (unpaired) electrons. The second-order valence-corrected chi connectivity index (χ2v) is 4.46. The van der Waals surface area contributed by atoms with Crippen molar-refractivity contribution in [2.45, 2.75) is 25.0 Å². The molecule has 7 heteroatoms. The van der Waals surface area contributed by atoms with E-state index in [2.05, 4.69) is 5.32 Å². The topological polar surface area (TPSA) is 102 Å². The Morgan fingerprint density at radius 3 is 2.74 bits per heavy atom. The first kappa shape index (κ1) is 13.3. The van der Waals surface area contributed by atoms with Crippen LogP contribution in [-0.2, 0) is 4.74 Å². The van der Waals surface area contributed by atoms with Gasteiger partial charge in [0.25, 0.3) is 5.69 Å². The van der Waals surface area contributed by atoms with Gasteiger partial charge >= 0.3 is 5.97 Å². The monoisotopic (exact) mass is 266 g/mol. The third-order valence-electron chi connectivity index (χ3n) is 3.23. The maximum absolute atomic E-state index is 10.9. The van der Waals surface area contributed by atoms with Gasteiger partial charge in [-0.25, -0.2) is 4.79 Å². The van der Waals surface area contributed by atoms with Gasteiger partial charge in [0.2, 0.25) is 0 Å². The normalized spacial score (nSPS) is 21.5. The molecule has 19 heavy (non-hydrogen) atoms. The number of nitro groups is 1. The van der Waals surface area contributed by atoms with Crippen molar-refractivity contribution in [3.05, 3.63) is 33.9 Å². The molecule has 1 saturated carbocycles. The Hall–Kier alpha value is -2.15. The van der Waals surface area contributed by atoms with Crippen LogP contribution in [0.25, 0.3) is 0 Å². The van der Waals surface area contributed by atoms with Gasteiger partial charge in [-0.05, 0) is 25.0 Å². The summed E-state index contributed by atoms with van der Waals surface area (Å²) in [5, 5.41) is 22.8. The molecule has 0 amide bonds. The molecule has 7 nitrogen and oxygen atoms in total. The van der Waals surface area contributed by atoms with Crippen molar-refractivity contribution in [1.82, 2.24) is 0 Å². The largest absolute Gasteiger partial charge is 0.478 e. The van der Waals surface area contributed by atoms with Crippen LogP contribution >= 0.6 is 0 Å². The second-order valence-electron chi connectivity index (χ2n) is 4.46. The van der Waals surface area contributed by atoms with Crippen LogP contribution in [0.5, 0.6) is 0 Å². The fourth-order valence-corrected chi connectivity index (χ4v) is 2.04. The Labute approximate surface area is 109 Å². The summed E-state index contributed by atoms with van der Waals surface area (Å²) in [5.74, 6) is -1.11. The van der Waals surface area contributed by atoms with E-state index in [1.165, 1.54) is 18.2 Å². The van der Waals surface area contributed by atoms with Gasteiger partial charge in [0.05, 0.1) is 16.6 Å². The predicted octanol–water partition coefficient (Wildman–Crippen LogP) is 1.88. The Morgan fingerprint density at radius 1 is 1.53 bits per heavy atom. The number of aromatic carboxylic acids is 1. The van der Waals surface area contributed by atoms with E-state index < -0.39 is 10.9 Å². The third-order valence-corrected chi connectivity index (χ3v) is 3.23. The van der Waals surface area contributed by atoms with Gasteiger partial charge in [0.1, 0.15) is 5.69 Å². The van der Waals surface area contributed by atoms with Crippen LogP contribution in [0.1, 0.15) is 23.2 Å². The van der Waals surface area contributed by atoms with E-state index >= 15 is 0 Å². The van der Waals surface area contributed by atoms with Gasteiger partial charge in [-0.3, -0.25) is 10.1 Å². The number of nitro benzene ring substituents is 1. The molecule has 0 bridgehead atoms. The van der Waals surface area contributed by atoms with Crippen molar-refractivity contribution in [1.29, 1.82) is 0 Å². The molecule has 1 aromatic rings. The number of nitrogens with zero attached hydrogens (tertiary/aromatic N) is 1. The van der Waals surface area contributed by atoms with Crippen molar-refractivity contribution < 1.29 is 19.6 Å². The molecule has 1 aliphatic rings. The molecule has 2 rings (SSSR count). The molecule has 0 heterocycles. The number of nitrogens with one attached hydrogen (secondary N) is 1. The van der Waals surface area contributed by atoms with Crippen LogP contribution in [-0.4, -0.2) is 35.3 Å². The van der Waals surface area contributed by atoms with Crippen LogP contribution in [0.3, 0.4) is 0 Å². The zero-order valence-electron chi connectivity index (χ0n) is 10.3. The van der Waals surface area contributed by atoms with Crippen molar-refractivity contribution in [2.24, 2.45) is 0 Å². The first-order valence-corrected chi connectivity index (χ1v) is 5.82. The first-order chi connectivity index (χ1) is 9.01. The van der Waals surface area contributed by atoms with Crippen molar-refractivity contribution >= 4 is 17.3 Å². The molecule has 1 fully saturated rings. The van der Waals surface area contributed by atoms with Crippen LogP contribution in [0.15, 0.2) is 18.2 Å². The maximum Gasteiger partial charge on any atom is 0.335 e. The van der Waals surface area contributed by atoms with E-state index in [0.29, 0.717) is 0 Å². The van der Waals surface area contributed by atoms with Gasteiger partial charge in [-0.2, -0.15) is 0 Å². The van der Waals surface area contributed by atoms with E-state index in [0.717, 1.165) is 12.8 Å². The molecule has 1 aliphatic carbocycles. The SMILES string of the molecule is COC1CC(Nc2cc(C(=O)O)ccc2[N+](=O)[O-])C1. The number of carbonyl (C=O) groups is 1. The summed E-state index contributed by atoms with van der Waals surface area (Å²) in [6, 6.07) is 3.80. The maximum atomic E-state index is 10.9. The minimum atomic E-state index is -1.11. The highest BCUT2D eigenvalue weighted by molar-refractivity contribution is 5.90. The van der Waals surface area contributed by atoms with E-state index in [4.69, 9.17) is 9.84 Å². The lowest BCUT2D eigenvalue weighted by atomic mass is 9.89. The average Bonchev–Trinajstić information content (AvgIpc) is 2.32. The van der Waals surface area contributed by atoms with Crippen LogP contribution in [0.4, 0.5) is 11.4 Å². The summed E-state index contributed by atoms with van der Waals surface area (Å²) in [7, 11) is 1.62. The fraction of sp³-hybridized carbons (Fsp3) is 0.417. The van der Waals surface area contributed by atoms with Crippen LogP contribution in [0.2, 0.25) is 0 Å². The van der Waals surface area contributed by atoms with Crippen molar-refractivity contribution in [2.75, 3.05) is 12.4 Å². The van der Waals surface area contributed by atoms with Crippen LogP contribution < -0.4 is 5.32 Å². The Kier molecular flexibility index (Phi) is 3.66. The molecular formula is C12H14N2O5. The summed E-state index contributed by atoms with van der Waals surface area (Å²) < 4.78 is 5.13. The summed E-state index contributed by atoms with van der Waals surface area (Å²) in [5.41, 5.74) is 0.144. The van der Waals surface area contributed by atoms with Gasteiger partial charge < -0.3 is 15.2 Å². The smallest absolute Gasteiger partial charge is 0.335 e. The number of benzene rings is 1. The zero-order chi connectivity index (χ0) is 14.0. The van der Waals surface area contributed by atoms with Gasteiger partial charge in [-0.1, -0.05) is 0 Å². The number of carboxylic acids is 1. The number of hydrogen-bond acceptors (Lipinski definition) is 5. The number of carboxylic acid groups (broad SMARTS) is 1. The lowest BCUT2D eigenvalue weighted by Gasteiger charge is -2.35. The highest BCUT2D eigenvalue weighted by atomic mass is 16.6. The van der Waals surface area contributed by atoms with Gasteiger partial charge in [0.15, 0.2) is 0 Å². The van der Waals surface area contributed by atoms with Crippen molar-refractivity contribution in [3.8, 4) is 0 Å². The number of rotatable bonds is 5. The van der Waals surface area contributed by atoms with E-state index in [1.54, 1.807) is 7.11 Å². The summed E-state index contributed by atoms with van der Waals surface area (Å²) in [6.07, 6.45) is 1.68. The molecular weight excluding hydrogens is 252 g/mol. The molecule has 0 atom stereocenters. The number of ether oxygens (including phenoxy) is 1. The Balaban J connectivity index is 2.18. The van der Waals surface area contributed by atoms with Gasteiger partial charge in [-0.15, -0.1) is 0 Å². The highest BCUT2D eigenvalue weighted by Crippen LogP contribution is 2.31. The summed E-state index contributed by atoms with van der Waals surface area (Å²) >= 11 is 0. The van der Waals surface area contributed by atoms with E-state index in [9.17, 15) is 14.9 Å². The third kappa shape index (κ3) is 2.82. The lowest BCUT2D eigenvalue weighted by molar-refractivity contribution is -0.384. The number of anilines is 1. The molecule has 0 saturated heterocycles. The average molecular weight is 266 g/mol. The molecule has 0 spiro atoms. The van der Waals surface area contributed by atoms with E-state index in [1.807, 2.05) is 0 Å². The quantitative estimate of drug-likeness (QED) is 0.623. The number of hydrogen-bond donors (Lipinski definition) is 2.